The molecule has 4 rings (SSSR count). The molecule has 1 heterocycles. The lowest BCUT2D eigenvalue weighted by molar-refractivity contribution is 0.307. The molecular formula is C25H22ClNO3S. The van der Waals surface area contributed by atoms with E-state index in [1.54, 1.807) is 24.3 Å². The molecule has 0 N–H and O–H groups in total. The molecule has 4 aromatic rings. The number of ether oxygens (including phenoxy) is 1. The molecule has 6 heteroatoms. The number of sulfone groups is 1. The summed E-state index contributed by atoms with van der Waals surface area (Å²) in [5.41, 5.74) is 4.50. The minimum Gasteiger partial charge on any atom is -0.488 e. The third-order valence-corrected chi connectivity index (χ3v) is 6.38. The largest absolute Gasteiger partial charge is 0.488 e. The van der Waals surface area contributed by atoms with E-state index in [4.69, 9.17) is 16.3 Å². The maximum Gasteiger partial charge on any atom is 0.175 e. The van der Waals surface area contributed by atoms with Crippen LogP contribution in [0.1, 0.15) is 11.3 Å². The number of rotatable bonds is 6. The zero-order valence-corrected chi connectivity index (χ0v) is 18.8. The number of hydrogen-bond donors (Lipinski definition) is 0. The van der Waals surface area contributed by atoms with Crippen LogP contribution in [-0.4, -0.2) is 19.2 Å². The van der Waals surface area contributed by atoms with E-state index in [0.717, 1.165) is 28.2 Å². The lowest BCUT2D eigenvalue weighted by Crippen LogP contribution is -2.04. The normalized spacial score (nSPS) is 11.5. The van der Waals surface area contributed by atoms with E-state index in [1.165, 1.54) is 6.26 Å². The van der Waals surface area contributed by atoms with Crippen LogP contribution in [0.25, 0.3) is 16.9 Å². The first-order valence-electron chi connectivity index (χ1n) is 9.78. The zero-order valence-electron chi connectivity index (χ0n) is 17.2. The summed E-state index contributed by atoms with van der Waals surface area (Å²) in [6, 6.07) is 26.4. The molecule has 0 fully saturated rings. The Morgan fingerprint density at radius 3 is 2.42 bits per heavy atom. The third kappa shape index (κ3) is 4.68. The molecule has 0 spiro atoms. The monoisotopic (exact) mass is 451 g/mol. The highest BCUT2D eigenvalue weighted by Gasteiger charge is 2.16. The molecule has 0 aliphatic rings. The van der Waals surface area contributed by atoms with Gasteiger partial charge in [-0.3, -0.25) is 0 Å². The maximum absolute atomic E-state index is 12.1. The maximum atomic E-state index is 12.1. The van der Waals surface area contributed by atoms with Crippen molar-refractivity contribution in [3.63, 3.8) is 0 Å². The molecule has 31 heavy (non-hydrogen) atoms. The van der Waals surface area contributed by atoms with Crippen LogP contribution in [0.3, 0.4) is 0 Å². The van der Waals surface area contributed by atoms with Gasteiger partial charge in [0.05, 0.1) is 10.6 Å². The molecule has 0 atom stereocenters. The van der Waals surface area contributed by atoms with Crippen molar-refractivity contribution in [2.24, 2.45) is 0 Å². The first-order valence-corrected chi connectivity index (χ1v) is 12.1. The highest BCUT2D eigenvalue weighted by atomic mass is 35.5. The molecular weight excluding hydrogens is 430 g/mol. The molecule has 0 saturated carbocycles. The molecule has 0 aliphatic carbocycles. The Morgan fingerprint density at radius 1 is 0.903 bits per heavy atom. The van der Waals surface area contributed by atoms with Crippen LogP contribution in [0.2, 0.25) is 5.02 Å². The van der Waals surface area contributed by atoms with Gasteiger partial charge in [0.2, 0.25) is 0 Å². The van der Waals surface area contributed by atoms with E-state index < -0.39 is 9.84 Å². The topological polar surface area (TPSA) is 48.3 Å². The molecule has 0 radical (unpaired) electrons. The van der Waals surface area contributed by atoms with Crippen molar-refractivity contribution in [1.82, 2.24) is 4.57 Å². The van der Waals surface area contributed by atoms with Gasteiger partial charge in [-0.1, -0.05) is 48.0 Å². The predicted octanol–water partition coefficient (Wildman–Crippen LogP) is 6.09. The summed E-state index contributed by atoms with van der Waals surface area (Å²) in [5.74, 6) is 0.701. The van der Waals surface area contributed by atoms with Gasteiger partial charge in [0.1, 0.15) is 12.4 Å². The fourth-order valence-corrected chi connectivity index (χ4v) is 4.34. The van der Waals surface area contributed by atoms with Crippen LogP contribution in [0.15, 0.2) is 89.8 Å². The van der Waals surface area contributed by atoms with Gasteiger partial charge in [0.15, 0.2) is 9.84 Å². The van der Waals surface area contributed by atoms with Crippen molar-refractivity contribution < 1.29 is 13.2 Å². The molecule has 1 aromatic heterocycles. The van der Waals surface area contributed by atoms with Gasteiger partial charge in [-0.25, -0.2) is 8.42 Å². The minimum atomic E-state index is -3.32. The number of benzene rings is 3. The Kier molecular flexibility index (Phi) is 5.90. The smallest absolute Gasteiger partial charge is 0.175 e. The Balaban J connectivity index is 1.79. The first-order chi connectivity index (χ1) is 14.8. The number of aryl methyl sites for hydroxylation is 1. The SMILES string of the molecule is Cc1ccc(-c2cc(Cl)ccc2OCc2ccccc2)n1-c1cccc(S(C)(=O)=O)c1. The molecule has 4 nitrogen and oxygen atoms in total. The number of hydrogen-bond acceptors (Lipinski definition) is 3. The highest BCUT2D eigenvalue weighted by molar-refractivity contribution is 7.90. The Hall–Kier alpha value is -3.02. The van der Waals surface area contributed by atoms with Gasteiger partial charge >= 0.3 is 0 Å². The van der Waals surface area contributed by atoms with E-state index in [2.05, 4.69) is 0 Å². The summed E-state index contributed by atoms with van der Waals surface area (Å²) >= 11 is 6.33. The van der Waals surface area contributed by atoms with E-state index in [-0.39, 0.29) is 4.90 Å². The summed E-state index contributed by atoms with van der Waals surface area (Å²) in [5, 5.41) is 0.595. The van der Waals surface area contributed by atoms with Crippen molar-refractivity contribution in [3.8, 4) is 22.7 Å². The van der Waals surface area contributed by atoms with E-state index in [1.807, 2.05) is 72.2 Å². The Bertz CT molecular complexity index is 1330. The summed E-state index contributed by atoms with van der Waals surface area (Å²) in [6.45, 7) is 2.41. The van der Waals surface area contributed by atoms with Crippen molar-refractivity contribution in [2.45, 2.75) is 18.4 Å². The lowest BCUT2D eigenvalue weighted by Gasteiger charge is -2.17. The van der Waals surface area contributed by atoms with E-state index in [0.29, 0.717) is 17.4 Å². The summed E-state index contributed by atoms with van der Waals surface area (Å²) in [4.78, 5) is 0.274. The van der Waals surface area contributed by atoms with Crippen LogP contribution in [0, 0.1) is 6.92 Å². The van der Waals surface area contributed by atoms with Crippen molar-refractivity contribution in [3.05, 3.63) is 101 Å². The van der Waals surface area contributed by atoms with E-state index >= 15 is 0 Å². The van der Waals surface area contributed by atoms with Gasteiger partial charge in [0.25, 0.3) is 0 Å². The van der Waals surface area contributed by atoms with Gasteiger partial charge in [-0.05, 0) is 61.0 Å². The van der Waals surface area contributed by atoms with Crippen LogP contribution in [0.4, 0.5) is 0 Å². The summed E-state index contributed by atoms with van der Waals surface area (Å²) < 4.78 is 32.3. The second-order valence-corrected chi connectivity index (χ2v) is 9.83. The van der Waals surface area contributed by atoms with Gasteiger partial charge < -0.3 is 9.30 Å². The Labute approximate surface area is 187 Å². The van der Waals surface area contributed by atoms with Gasteiger partial charge in [-0.2, -0.15) is 0 Å². The fraction of sp³-hybridized carbons (Fsp3) is 0.120. The predicted molar refractivity (Wildman–Crippen MR) is 125 cm³/mol. The molecule has 158 valence electrons. The van der Waals surface area contributed by atoms with Crippen molar-refractivity contribution >= 4 is 21.4 Å². The first kappa shape index (κ1) is 21.2. The van der Waals surface area contributed by atoms with Crippen LogP contribution in [-0.2, 0) is 16.4 Å². The summed E-state index contributed by atoms with van der Waals surface area (Å²) in [6.07, 6.45) is 1.21. The van der Waals surface area contributed by atoms with E-state index in [9.17, 15) is 8.42 Å². The molecule has 0 amide bonds. The van der Waals surface area contributed by atoms with Crippen LogP contribution in [0.5, 0.6) is 5.75 Å². The number of aromatic nitrogens is 1. The second kappa shape index (κ2) is 8.61. The van der Waals surface area contributed by atoms with Crippen molar-refractivity contribution in [2.75, 3.05) is 6.26 Å². The van der Waals surface area contributed by atoms with Gasteiger partial charge in [0, 0.05) is 28.2 Å². The molecule has 3 aromatic carbocycles. The number of halogens is 1. The quantitative estimate of drug-likeness (QED) is 0.356. The summed E-state index contributed by atoms with van der Waals surface area (Å²) in [7, 11) is -3.32. The average molecular weight is 452 g/mol. The standard InChI is InChI=1S/C25H22ClNO3S/c1-18-11-13-24(27(18)21-9-6-10-22(16-21)31(2,28)29)23-15-20(26)12-14-25(23)30-17-19-7-4-3-5-8-19/h3-16H,17H2,1-2H3. The highest BCUT2D eigenvalue weighted by Crippen LogP contribution is 2.36. The lowest BCUT2D eigenvalue weighted by atomic mass is 10.1. The number of nitrogens with zero attached hydrogens (tertiary/aromatic N) is 1. The minimum absolute atomic E-state index is 0.274. The molecule has 0 aliphatic heterocycles. The molecule has 0 unspecified atom stereocenters. The van der Waals surface area contributed by atoms with Crippen LogP contribution >= 0.6 is 11.6 Å². The Morgan fingerprint density at radius 2 is 1.68 bits per heavy atom. The fourth-order valence-electron chi connectivity index (χ4n) is 3.51. The zero-order chi connectivity index (χ0) is 22.0. The second-order valence-electron chi connectivity index (χ2n) is 7.38. The van der Waals surface area contributed by atoms with Crippen molar-refractivity contribution in [1.29, 1.82) is 0 Å². The van der Waals surface area contributed by atoms with Crippen LogP contribution < -0.4 is 4.74 Å². The average Bonchev–Trinajstić information content (AvgIpc) is 3.14. The molecule has 0 saturated heterocycles. The van der Waals surface area contributed by atoms with Gasteiger partial charge in [-0.15, -0.1) is 0 Å². The molecule has 0 bridgehead atoms. The third-order valence-electron chi connectivity index (χ3n) is 5.03.